The molecule has 0 aliphatic heterocycles. The molecule has 1 heterocycles. The molecule has 3 heteroatoms. The van der Waals surface area contributed by atoms with E-state index in [1.54, 1.807) is 13.1 Å². The Morgan fingerprint density at radius 1 is 1.33 bits per heavy atom. The van der Waals surface area contributed by atoms with Crippen molar-refractivity contribution in [3.05, 3.63) is 48.3 Å². The Morgan fingerprint density at radius 3 is 2.73 bits per heavy atom. The average Bonchev–Trinajstić information content (AvgIpc) is 2.67. The summed E-state index contributed by atoms with van der Waals surface area (Å²) in [7, 11) is 0. The van der Waals surface area contributed by atoms with Crippen LogP contribution in [0.15, 0.2) is 42.7 Å². The molecule has 78 valence electrons. The number of hydrogen-bond acceptors (Lipinski definition) is 2. The van der Waals surface area contributed by atoms with Gasteiger partial charge in [-0.15, -0.1) is 0 Å². The minimum absolute atomic E-state index is 0.321. The molecule has 2 rings (SSSR count). The third-order valence-electron chi connectivity index (χ3n) is 2.19. The summed E-state index contributed by atoms with van der Waals surface area (Å²) in [4.78, 5) is 0. The van der Waals surface area contributed by atoms with Crippen molar-refractivity contribution in [3.63, 3.8) is 0 Å². The van der Waals surface area contributed by atoms with Gasteiger partial charge >= 0.3 is 0 Å². The van der Waals surface area contributed by atoms with Crippen molar-refractivity contribution >= 4 is 0 Å². The van der Waals surface area contributed by atoms with Gasteiger partial charge in [-0.1, -0.05) is 18.2 Å². The fourth-order valence-corrected chi connectivity index (χ4v) is 1.53. The second-order valence-electron chi connectivity index (χ2n) is 3.68. The van der Waals surface area contributed by atoms with Crippen LogP contribution >= 0.6 is 0 Å². The largest absolute Gasteiger partial charge is 0.393 e. The van der Waals surface area contributed by atoms with Crippen LogP contribution in [0.2, 0.25) is 0 Å². The van der Waals surface area contributed by atoms with Gasteiger partial charge in [-0.05, 0) is 24.6 Å². The minimum atomic E-state index is -0.321. The fourth-order valence-electron chi connectivity index (χ4n) is 1.53. The van der Waals surface area contributed by atoms with Gasteiger partial charge in [-0.2, -0.15) is 5.10 Å². The zero-order valence-electron chi connectivity index (χ0n) is 8.67. The highest BCUT2D eigenvalue weighted by Gasteiger charge is 2.03. The van der Waals surface area contributed by atoms with Crippen LogP contribution < -0.4 is 0 Å². The SMILES string of the molecule is C[C@H](O)Cc1cnn(-c2ccccc2)c1. The van der Waals surface area contributed by atoms with Crippen molar-refractivity contribution in [2.24, 2.45) is 0 Å². The molecule has 0 aliphatic rings. The van der Waals surface area contributed by atoms with Crippen molar-refractivity contribution in [2.75, 3.05) is 0 Å². The lowest BCUT2D eigenvalue weighted by molar-refractivity contribution is 0.195. The van der Waals surface area contributed by atoms with E-state index in [1.165, 1.54) is 0 Å². The summed E-state index contributed by atoms with van der Waals surface area (Å²) in [5.41, 5.74) is 2.09. The van der Waals surface area contributed by atoms with Crippen LogP contribution in [0.3, 0.4) is 0 Å². The van der Waals surface area contributed by atoms with Crippen LogP contribution in [0.4, 0.5) is 0 Å². The number of benzene rings is 1. The first kappa shape index (κ1) is 9.93. The predicted molar refractivity (Wildman–Crippen MR) is 58.9 cm³/mol. The second kappa shape index (κ2) is 4.28. The third-order valence-corrected chi connectivity index (χ3v) is 2.19. The molecule has 0 amide bonds. The van der Waals surface area contributed by atoms with Gasteiger partial charge in [0.2, 0.25) is 0 Å². The van der Waals surface area contributed by atoms with E-state index in [-0.39, 0.29) is 6.10 Å². The molecule has 1 N–H and O–H groups in total. The minimum Gasteiger partial charge on any atom is -0.393 e. The maximum absolute atomic E-state index is 9.25. The molecule has 0 saturated heterocycles. The predicted octanol–water partition coefficient (Wildman–Crippen LogP) is 1.80. The van der Waals surface area contributed by atoms with Crippen molar-refractivity contribution in [1.29, 1.82) is 0 Å². The number of aliphatic hydroxyl groups excluding tert-OH is 1. The van der Waals surface area contributed by atoms with Crippen LogP contribution in [-0.4, -0.2) is 21.0 Å². The first-order valence-electron chi connectivity index (χ1n) is 5.03. The van der Waals surface area contributed by atoms with E-state index in [0.29, 0.717) is 6.42 Å². The van der Waals surface area contributed by atoms with Crippen LogP contribution in [0.25, 0.3) is 5.69 Å². The number of aliphatic hydroxyl groups is 1. The Morgan fingerprint density at radius 2 is 2.07 bits per heavy atom. The quantitative estimate of drug-likeness (QED) is 0.824. The molecule has 0 fully saturated rings. The Hall–Kier alpha value is -1.61. The molecule has 1 aromatic heterocycles. The molecule has 0 spiro atoms. The van der Waals surface area contributed by atoms with Gasteiger partial charge in [0, 0.05) is 12.6 Å². The summed E-state index contributed by atoms with van der Waals surface area (Å²) < 4.78 is 1.82. The summed E-state index contributed by atoms with van der Waals surface area (Å²) in [5.74, 6) is 0. The summed E-state index contributed by atoms with van der Waals surface area (Å²) in [6, 6.07) is 9.93. The van der Waals surface area contributed by atoms with E-state index >= 15 is 0 Å². The van der Waals surface area contributed by atoms with E-state index in [2.05, 4.69) is 5.10 Å². The van der Waals surface area contributed by atoms with Gasteiger partial charge in [-0.3, -0.25) is 0 Å². The average molecular weight is 202 g/mol. The molecule has 3 nitrogen and oxygen atoms in total. The zero-order valence-corrected chi connectivity index (χ0v) is 8.67. The third kappa shape index (κ3) is 2.44. The van der Waals surface area contributed by atoms with Gasteiger partial charge in [0.1, 0.15) is 0 Å². The topological polar surface area (TPSA) is 38.1 Å². The number of rotatable bonds is 3. The zero-order chi connectivity index (χ0) is 10.7. The van der Waals surface area contributed by atoms with Crippen molar-refractivity contribution in [3.8, 4) is 5.69 Å². The van der Waals surface area contributed by atoms with E-state index in [1.807, 2.05) is 41.2 Å². The summed E-state index contributed by atoms with van der Waals surface area (Å²) in [6.45, 7) is 1.78. The van der Waals surface area contributed by atoms with Crippen LogP contribution in [0.1, 0.15) is 12.5 Å². The van der Waals surface area contributed by atoms with Crippen molar-refractivity contribution in [1.82, 2.24) is 9.78 Å². The monoisotopic (exact) mass is 202 g/mol. The van der Waals surface area contributed by atoms with E-state index in [4.69, 9.17) is 0 Å². The van der Waals surface area contributed by atoms with Crippen LogP contribution in [0, 0.1) is 0 Å². The maximum Gasteiger partial charge on any atom is 0.0645 e. The summed E-state index contributed by atoms with van der Waals surface area (Å²) >= 11 is 0. The lowest BCUT2D eigenvalue weighted by Gasteiger charge is -2.00. The Balaban J connectivity index is 2.21. The molecule has 0 aliphatic carbocycles. The van der Waals surface area contributed by atoms with Gasteiger partial charge < -0.3 is 5.11 Å². The molecule has 15 heavy (non-hydrogen) atoms. The van der Waals surface area contributed by atoms with Gasteiger partial charge in [-0.25, -0.2) is 4.68 Å². The highest BCUT2D eigenvalue weighted by atomic mass is 16.3. The normalized spacial score (nSPS) is 12.7. The summed E-state index contributed by atoms with van der Waals surface area (Å²) in [5, 5.41) is 13.5. The number of aromatic nitrogens is 2. The molecule has 0 unspecified atom stereocenters. The Labute approximate surface area is 89.0 Å². The second-order valence-corrected chi connectivity index (χ2v) is 3.68. The molecule has 0 bridgehead atoms. The molecular formula is C12H14N2O. The first-order chi connectivity index (χ1) is 7.25. The van der Waals surface area contributed by atoms with Gasteiger partial charge in [0.05, 0.1) is 18.0 Å². The molecule has 0 radical (unpaired) electrons. The van der Waals surface area contributed by atoms with Gasteiger partial charge in [0.15, 0.2) is 0 Å². The Bertz CT molecular complexity index is 420. The van der Waals surface area contributed by atoms with E-state index in [0.717, 1.165) is 11.3 Å². The Kier molecular flexibility index (Phi) is 2.83. The van der Waals surface area contributed by atoms with Crippen LogP contribution in [-0.2, 0) is 6.42 Å². The summed E-state index contributed by atoms with van der Waals surface area (Å²) in [6.07, 6.45) is 4.06. The molecule has 1 atom stereocenters. The van der Waals surface area contributed by atoms with E-state index < -0.39 is 0 Å². The maximum atomic E-state index is 9.25. The standard InChI is InChI=1S/C12H14N2O/c1-10(15)7-11-8-13-14(9-11)12-5-3-2-4-6-12/h2-6,8-10,15H,7H2,1H3/t10-/m0/s1. The van der Waals surface area contributed by atoms with E-state index in [9.17, 15) is 5.11 Å². The highest BCUT2D eigenvalue weighted by Crippen LogP contribution is 2.08. The van der Waals surface area contributed by atoms with Gasteiger partial charge in [0.25, 0.3) is 0 Å². The number of para-hydroxylation sites is 1. The van der Waals surface area contributed by atoms with Crippen LogP contribution in [0.5, 0.6) is 0 Å². The first-order valence-corrected chi connectivity index (χ1v) is 5.03. The fraction of sp³-hybridized carbons (Fsp3) is 0.250. The van der Waals surface area contributed by atoms with Crippen molar-refractivity contribution in [2.45, 2.75) is 19.4 Å². The molecule has 2 aromatic rings. The lowest BCUT2D eigenvalue weighted by Crippen LogP contribution is -2.03. The smallest absolute Gasteiger partial charge is 0.0645 e. The molecular weight excluding hydrogens is 188 g/mol. The molecule has 0 saturated carbocycles. The number of nitrogens with zero attached hydrogens (tertiary/aromatic N) is 2. The lowest BCUT2D eigenvalue weighted by atomic mass is 10.2. The highest BCUT2D eigenvalue weighted by molar-refractivity contribution is 5.30. The van der Waals surface area contributed by atoms with Crippen molar-refractivity contribution < 1.29 is 5.11 Å². The molecule has 1 aromatic carbocycles. The number of hydrogen-bond donors (Lipinski definition) is 1.